The summed E-state index contributed by atoms with van der Waals surface area (Å²) in [5, 5.41) is 1.97. The number of nitrogens with one attached hydrogen (secondary N) is 1. The Labute approximate surface area is 155 Å². The fourth-order valence-corrected chi connectivity index (χ4v) is 4.42. The molecule has 1 aromatic heterocycles. The van der Waals surface area contributed by atoms with E-state index in [1.165, 1.54) is 34.6 Å². The Hall–Kier alpha value is -2.46. The Bertz CT molecular complexity index is 895. The maximum Gasteiger partial charge on any atom is 0.263 e. The molecular formula is C16H18N4O4S2. The second kappa shape index (κ2) is 7.42. The first kappa shape index (κ1) is 18.3. The van der Waals surface area contributed by atoms with Gasteiger partial charge in [0.25, 0.3) is 10.0 Å². The second-order valence-electron chi connectivity index (χ2n) is 5.65. The van der Waals surface area contributed by atoms with Gasteiger partial charge in [0, 0.05) is 36.8 Å². The number of carbonyl (C=O) groups is 2. The first-order valence-electron chi connectivity index (χ1n) is 8.01. The normalized spacial score (nSPS) is 15.2. The van der Waals surface area contributed by atoms with Crippen LogP contribution in [0.1, 0.15) is 13.3 Å². The Morgan fingerprint density at radius 3 is 2.58 bits per heavy atom. The van der Waals surface area contributed by atoms with Crippen molar-refractivity contribution >= 4 is 44.0 Å². The lowest BCUT2D eigenvalue weighted by Crippen LogP contribution is -2.52. The molecule has 138 valence electrons. The average Bonchev–Trinajstić information content (AvgIpc) is 3.13. The summed E-state index contributed by atoms with van der Waals surface area (Å²) in [5.74, 6) is -0.234. The number of amides is 2. The van der Waals surface area contributed by atoms with E-state index in [9.17, 15) is 18.0 Å². The minimum absolute atomic E-state index is 0.0400. The van der Waals surface area contributed by atoms with Crippen LogP contribution in [0.5, 0.6) is 0 Å². The lowest BCUT2D eigenvalue weighted by Gasteiger charge is -2.34. The summed E-state index contributed by atoms with van der Waals surface area (Å²) in [6.07, 6.45) is 1.88. The molecule has 26 heavy (non-hydrogen) atoms. The molecule has 0 aliphatic carbocycles. The summed E-state index contributed by atoms with van der Waals surface area (Å²) in [5.41, 5.74) is 0.604. The summed E-state index contributed by atoms with van der Waals surface area (Å²) in [6, 6.07) is 6.07. The number of benzene rings is 1. The minimum atomic E-state index is -3.73. The first-order valence-corrected chi connectivity index (χ1v) is 10.4. The highest BCUT2D eigenvalue weighted by Crippen LogP contribution is 2.22. The van der Waals surface area contributed by atoms with Crippen molar-refractivity contribution in [3.05, 3.63) is 35.8 Å². The van der Waals surface area contributed by atoms with Crippen molar-refractivity contribution in [2.75, 3.05) is 29.3 Å². The number of hydrogen-bond acceptors (Lipinski definition) is 6. The highest BCUT2D eigenvalue weighted by atomic mass is 32.2. The van der Waals surface area contributed by atoms with Gasteiger partial charge in [-0.3, -0.25) is 14.3 Å². The van der Waals surface area contributed by atoms with E-state index in [2.05, 4.69) is 9.71 Å². The van der Waals surface area contributed by atoms with E-state index in [1.54, 1.807) is 29.3 Å². The van der Waals surface area contributed by atoms with E-state index >= 15 is 0 Å². The fraction of sp³-hybridized carbons (Fsp3) is 0.312. The van der Waals surface area contributed by atoms with Crippen LogP contribution in [0.4, 0.5) is 10.8 Å². The van der Waals surface area contributed by atoms with Gasteiger partial charge >= 0.3 is 0 Å². The van der Waals surface area contributed by atoms with Crippen LogP contribution in [0.3, 0.4) is 0 Å². The third kappa shape index (κ3) is 3.86. The number of aromatic nitrogens is 1. The number of carbonyl (C=O) groups excluding carboxylic acids is 2. The van der Waals surface area contributed by atoms with Gasteiger partial charge in [0.15, 0.2) is 5.13 Å². The Morgan fingerprint density at radius 1 is 1.27 bits per heavy atom. The summed E-state index contributed by atoms with van der Waals surface area (Å²) >= 11 is 1.19. The number of rotatable bonds is 5. The number of hydrogen-bond donors (Lipinski definition) is 1. The Balaban J connectivity index is 1.72. The molecule has 1 fully saturated rings. The molecule has 1 aliphatic heterocycles. The van der Waals surface area contributed by atoms with Crippen molar-refractivity contribution < 1.29 is 18.0 Å². The first-order chi connectivity index (χ1) is 12.4. The van der Waals surface area contributed by atoms with E-state index in [0.717, 1.165) is 0 Å². The van der Waals surface area contributed by atoms with Crippen LogP contribution in [0, 0.1) is 0 Å². The fourth-order valence-electron chi connectivity index (χ4n) is 2.64. The number of nitrogens with zero attached hydrogens (tertiary/aromatic N) is 3. The van der Waals surface area contributed by atoms with Crippen LogP contribution >= 0.6 is 11.3 Å². The highest BCUT2D eigenvalue weighted by Gasteiger charge is 2.27. The molecule has 0 saturated carbocycles. The SMILES string of the molecule is CCC(=O)N1CCN(c2ccc(S(=O)(=O)Nc3nccs3)cc2)C(=O)C1. The van der Waals surface area contributed by atoms with Gasteiger partial charge in [-0.1, -0.05) is 6.92 Å². The van der Waals surface area contributed by atoms with E-state index < -0.39 is 10.0 Å². The van der Waals surface area contributed by atoms with Crippen LogP contribution < -0.4 is 9.62 Å². The molecular weight excluding hydrogens is 376 g/mol. The van der Waals surface area contributed by atoms with Crippen LogP contribution in [-0.2, 0) is 19.6 Å². The van der Waals surface area contributed by atoms with Crippen molar-refractivity contribution in [1.29, 1.82) is 0 Å². The number of anilines is 2. The largest absolute Gasteiger partial charge is 0.332 e. The summed E-state index contributed by atoms with van der Waals surface area (Å²) in [7, 11) is -3.73. The minimum Gasteiger partial charge on any atom is -0.332 e. The molecule has 3 rings (SSSR count). The lowest BCUT2D eigenvalue weighted by atomic mass is 10.2. The standard InChI is InChI=1S/C16H18N4O4S2/c1-2-14(21)19-8-9-20(15(22)11-19)12-3-5-13(6-4-12)26(23,24)18-16-17-7-10-25-16/h3-7,10H,2,8-9,11H2,1H3,(H,17,18). The molecule has 1 aliphatic rings. The molecule has 1 N–H and O–H groups in total. The number of piperazine rings is 1. The van der Waals surface area contributed by atoms with Gasteiger partial charge in [-0.25, -0.2) is 13.4 Å². The molecule has 2 heterocycles. The molecule has 0 radical (unpaired) electrons. The third-order valence-corrected chi connectivity index (χ3v) is 6.16. The highest BCUT2D eigenvalue weighted by molar-refractivity contribution is 7.93. The molecule has 8 nitrogen and oxygen atoms in total. The van der Waals surface area contributed by atoms with Crippen molar-refractivity contribution in [3.63, 3.8) is 0 Å². The van der Waals surface area contributed by atoms with E-state index in [0.29, 0.717) is 30.3 Å². The third-order valence-electron chi connectivity index (χ3n) is 3.99. The predicted octanol–water partition coefficient (Wildman–Crippen LogP) is 1.53. The predicted molar refractivity (Wildman–Crippen MR) is 98.6 cm³/mol. The van der Waals surface area contributed by atoms with Crippen LogP contribution in [0.25, 0.3) is 0 Å². The maximum absolute atomic E-state index is 12.3. The number of sulfonamides is 1. The van der Waals surface area contributed by atoms with Gasteiger partial charge in [0.2, 0.25) is 11.8 Å². The van der Waals surface area contributed by atoms with Gasteiger partial charge in [0.05, 0.1) is 4.90 Å². The molecule has 0 atom stereocenters. The van der Waals surface area contributed by atoms with Gasteiger partial charge in [-0.15, -0.1) is 11.3 Å². The summed E-state index contributed by atoms with van der Waals surface area (Å²) in [4.78, 5) is 31.1. The lowest BCUT2D eigenvalue weighted by molar-refractivity contribution is -0.136. The van der Waals surface area contributed by atoms with Gasteiger partial charge in [-0.2, -0.15) is 0 Å². The molecule has 2 amide bonds. The second-order valence-corrected chi connectivity index (χ2v) is 8.23. The van der Waals surface area contributed by atoms with Crippen LogP contribution in [-0.4, -0.2) is 49.8 Å². The number of thiazole rings is 1. The zero-order valence-corrected chi connectivity index (χ0v) is 15.7. The van der Waals surface area contributed by atoms with E-state index in [1.807, 2.05) is 0 Å². The zero-order valence-electron chi connectivity index (χ0n) is 14.1. The topological polar surface area (TPSA) is 99.7 Å². The van der Waals surface area contributed by atoms with Crippen LogP contribution in [0.15, 0.2) is 40.7 Å². The molecule has 0 bridgehead atoms. The Kier molecular flexibility index (Phi) is 5.23. The quantitative estimate of drug-likeness (QED) is 0.829. The van der Waals surface area contributed by atoms with Crippen molar-refractivity contribution in [2.45, 2.75) is 18.2 Å². The molecule has 1 aromatic carbocycles. The summed E-state index contributed by atoms with van der Waals surface area (Å²) < 4.78 is 27.1. The Morgan fingerprint density at radius 2 is 2.00 bits per heavy atom. The zero-order chi connectivity index (χ0) is 18.7. The van der Waals surface area contributed by atoms with Gasteiger partial charge in [-0.05, 0) is 24.3 Å². The van der Waals surface area contributed by atoms with Crippen molar-refractivity contribution in [1.82, 2.24) is 9.88 Å². The molecule has 2 aromatic rings. The smallest absolute Gasteiger partial charge is 0.263 e. The van der Waals surface area contributed by atoms with Gasteiger partial charge in [0.1, 0.15) is 6.54 Å². The van der Waals surface area contributed by atoms with E-state index in [4.69, 9.17) is 0 Å². The molecule has 0 unspecified atom stereocenters. The van der Waals surface area contributed by atoms with Crippen molar-refractivity contribution in [3.8, 4) is 0 Å². The average molecular weight is 394 g/mol. The molecule has 1 saturated heterocycles. The molecule has 0 spiro atoms. The monoisotopic (exact) mass is 394 g/mol. The maximum atomic E-state index is 12.3. The van der Waals surface area contributed by atoms with Crippen molar-refractivity contribution in [2.24, 2.45) is 0 Å². The summed E-state index contributed by atoms with van der Waals surface area (Å²) in [6.45, 7) is 2.65. The van der Waals surface area contributed by atoms with E-state index in [-0.39, 0.29) is 23.3 Å². The van der Waals surface area contributed by atoms with Gasteiger partial charge < -0.3 is 9.80 Å². The van der Waals surface area contributed by atoms with Crippen LogP contribution in [0.2, 0.25) is 0 Å². The molecule has 10 heteroatoms.